The zero-order chi connectivity index (χ0) is 17.1. The maximum absolute atomic E-state index is 12.1. The molecule has 3 rings (SSSR count). The molecule has 8 heteroatoms. The summed E-state index contributed by atoms with van der Waals surface area (Å²) in [6.45, 7) is 5.18. The molecule has 24 heavy (non-hydrogen) atoms. The Balaban J connectivity index is 1.61. The van der Waals surface area contributed by atoms with Crippen LogP contribution < -0.4 is 15.5 Å². The molecule has 1 aliphatic rings. The van der Waals surface area contributed by atoms with Crippen LogP contribution in [0.4, 0.5) is 20.7 Å². The molecule has 1 aromatic heterocycles. The monoisotopic (exact) mass is 409 g/mol. The van der Waals surface area contributed by atoms with Crippen molar-refractivity contribution in [1.82, 2.24) is 10.2 Å². The van der Waals surface area contributed by atoms with Crippen molar-refractivity contribution in [2.24, 2.45) is 0 Å². The summed E-state index contributed by atoms with van der Waals surface area (Å²) in [5.74, 6) is 0. The molecule has 128 valence electrons. The molecular weight excluding hydrogens is 390 g/mol. The van der Waals surface area contributed by atoms with Crippen molar-refractivity contribution in [3.05, 3.63) is 28.2 Å². The molecule has 6 nitrogen and oxygen atoms in total. The van der Waals surface area contributed by atoms with Gasteiger partial charge in [0.1, 0.15) is 0 Å². The minimum Gasteiger partial charge on any atom is -0.344 e. The Kier molecular flexibility index (Phi) is 5.35. The Labute approximate surface area is 153 Å². The number of carbonyl (C=O) groups is 1. The van der Waals surface area contributed by atoms with Gasteiger partial charge in [-0.05, 0) is 56.9 Å². The number of aromatic nitrogens is 2. The lowest BCUT2D eigenvalue weighted by atomic mass is 10.1. The van der Waals surface area contributed by atoms with Crippen LogP contribution in [0, 0.1) is 6.92 Å². The van der Waals surface area contributed by atoms with E-state index in [1.165, 1.54) is 30.6 Å². The van der Waals surface area contributed by atoms with Crippen LogP contribution in [0.5, 0.6) is 0 Å². The van der Waals surface area contributed by atoms with Crippen LogP contribution in [0.1, 0.15) is 31.7 Å². The number of anilines is 3. The van der Waals surface area contributed by atoms with Crippen LogP contribution in [-0.2, 0) is 0 Å². The van der Waals surface area contributed by atoms with Gasteiger partial charge >= 0.3 is 6.03 Å². The Morgan fingerprint density at radius 2 is 2.17 bits per heavy atom. The molecule has 0 bridgehead atoms. The quantitative estimate of drug-likeness (QED) is 0.774. The van der Waals surface area contributed by atoms with Crippen molar-refractivity contribution in [3.8, 4) is 0 Å². The third kappa shape index (κ3) is 4.05. The number of nitrogens with zero attached hydrogens (tertiary/aromatic N) is 3. The lowest BCUT2D eigenvalue weighted by molar-refractivity contribution is 0.262. The fourth-order valence-corrected chi connectivity index (χ4v) is 3.86. The number of amides is 2. The van der Waals surface area contributed by atoms with Gasteiger partial charge in [-0.15, -0.1) is 10.2 Å². The summed E-state index contributed by atoms with van der Waals surface area (Å²) in [5, 5.41) is 15.3. The third-order valence-corrected chi connectivity index (χ3v) is 5.86. The second-order valence-electron chi connectivity index (χ2n) is 5.97. The van der Waals surface area contributed by atoms with Crippen molar-refractivity contribution in [2.75, 3.05) is 22.1 Å². The first-order chi connectivity index (χ1) is 11.5. The summed E-state index contributed by atoms with van der Waals surface area (Å²) < 4.78 is 1.01. The highest BCUT2D eigenvalue weighted by molar-refractivity contribution is 9.10. The number of rotatable bonds is 3. The number of hydrogen-bond donors (Lipinski definition) is 2. The van der Waals surface area contributed by atoms with E-state index in [1.54, 1.807) is 0 Å². The second kappa shape index (κ2) is 7.48. The van der Waals surface area contributed by atoms with E-state index < -0.39 is 0 Å². The lowest BCUT2D eigenvalue weighted by Gasteiger charge is -2.32. The number of benzene rings is 1. The van der Waals surface area contributed by atoms with Crippen LogP contribution in [0.2, 0.25) is 0 Å². The van der Waals surface area contributed by atoms with E-state index in [0.717, 1.165) is 27.4 Å². The summed E-state index contributed by atoms with van der Waals surface area (Å²) in [5.41, 5.74) is 1.80. The molecule has 2 amide bonds. The normalized spacial score (nSPS) is 17.6. The molecule has 0 unspecified atom stereocenters. The molecule has 1 saturated heterocycles. The van der Waals surface area contributed by atoms with Gasteiger partial charge in [0.25, 0.3) is 0 Å². The van der Waals surface area contributed by atoms with Crippen LogP contribution in [0.3, 0.4) is 0 Å². The van der Waals surface area contributed by atoms with Gasteiger partial charge in [0.05, 0.1) is 0 Å². The number of aryl methyl sites for hydroxylation is 1. The number of urea groups is 1. The van der Waals surface area contributed by atoms with E-state index in [4.69, 9.17) is 0 Å². The van der Waals surface area contributed by atoms with E-state index >= 15 is 0 Å². The maximum Gasteiger partial charge on any atom is 0.325 e. The van der Waals surface area contributed by atoms with Crippen molar-refractivity contribution < 1.29 is 4.79 Å². The summed E-state index contributed by atoms with van der Waals surface area (Å²) in [6.07, 6.45) is 3.61. The van der Waals surface area contributed by atoms with Crippen molar-refractivity contribution >= 4 is 49.2 Å². The Hall–Kier alpha value is -1.67. The highest BCUT2D eigenvalue weighted by Gasteiger charge is 2.22. The Morgan fingerprint density at radius 3 is 2.92 bits per heavy atom. The number of piperidine rings is 1. The predicted molar refractivity (Wildman–Crippen MR) is 102 cm³/mol. The van der Waals surface area contributed by atoms with Crippen molar-refractivity contribution in [1.29, 1.82) is 0 Å². The van der Waals surface area contributed by atoms with Gasteiger partial charge in [0, 0.05) is 22.7 Å². The van der Waals surface area contributed by atoms with Crippen molar-refractivity contribution in [2.45, 2.75) is 39.2 Å². The van der Waals surface area contributed by atoms with Crippen LogP contribution in [0.25, 0.3) is 0 Å². The van der Waals surface area contributed by atoms with E-state index in [9.17, 15) is 4.79 Å². The van der Waals surface area contributed by atoms with Gasteiger partial charge in [0.2, 0.25) is 10.3 Å². The third-order valence-electron chi connectivity index (χ3n) is 4.10. The molecule has 1 fully saturated rings. The topological polar surface area (TPSA) is 70.1 Å². The second-order valence-corrected chi connectivity index (χ2v) is 7.78. The van der Waals surface area contributed by atoms with Gasteiger partial charge in [-0.1, -0.05) is 27.3 Å². The van der Waals surface area contributed by atoms with E-state index in [2.05, 4.69) is 48.6 Å². The molecule has 1 aliphatic heterocycles. The summed E-state index contributed by atoms with van der Waals surface area (Å²) >= 11 is 4.86. The van der Waals surface area contributed by atoms with Crippen LogP contribution >= 0.6 is 27.3 Å². The lowest BCUT2D eigenvalue weighted by Crippen LogP contribution is -2.37. The zero-order valence-electron chi connectivity index (χ0n) is 13.7. The van der Waals surface area contributed by atoms with Crippen molar-refractivity contribution in [3.63, 3.8) is 0 Å². The summed E-state index contributed by atoms with van der Waals surface area (Å²) in [6, 6.07) is 5.82. The molecule has 2 N–H and O–H groups in total. The van der Waals surface area contributed by atoms with Gasteiger partial charge in [-0.3, -0.25) is 5.32 Å². The van der Waals surface area contributed by atoms with E-state index in [-0.39, 0.29) is 6.03 Å². The summed E-state index contributed by atoms with van der Waals surface area (Å²) in [7, 11) is 0. The zero-order valence-corrected chi connectivity index (χ0v) is 16.1. The highest BCUT2D eigenvalue weighted by Crippen LogP contribution is 2.29. The van der Waals surface area contributed by atoms with E-state index in [0.29, 0.717) is 11.2 Å². The fraction of sp³-hybridized carbons (Fsp3) is 0.438. The van der Waals surface area contributed by atoms with Gasteiger partial charge < -0.3 is 10.2 Å². The SMILES string of the molecule is Cc1cc(NC(=O)Nc2nnc(N3CCCC[C@@H]3C)s2)ccc1Br. The van der Waals surface area contributed by atoms with Gasteiger partial charge in [0.15, 0.2) is 0 Å². The van der Waals surface area contributed by atoms with Crippen LogP contribution in [-0.4, -0.2) is 28.8 Å². The Morgan fingerprint density at radius 1 is 1.33 bits per heavy atom. The van der Waals surface area contributed by atoms with Gasteiger partial charge in [-0.2, -0.15) is 0 Å². The smallest absolute Gasteiger partial charge is 0.325 e. The average molecular weight is 410 g/mol. The molecule has 2 aromatic rings. The first-order valence-electron chi connectivity index (χ1n) is 7.97. The fourth-order valence-electron chi connectivity index (χ4n) is 2.75. The molecule has 0 aliphatic carbocycles. The Bertz CT molecular complexity index is 735. The summed E-state index contributed by atoms with van der Waals surface area (Å²) in [4.78, 5) is 14.4. The molecule has 1 aromatic carbocycles. The molecular formula is C16H20BrN5OS. The molecule has 0 radical (unpaired) electrons. The molecule has 0 spiro atoms. The number of hydrogen-bond acceptors (Lipinski definition) is 5. The average Bonchev–Trinajstić information content (AvgIpc) is 2.99. The van der Waals surface area contributed by atoms with Gasteiger partial charge in [-0.25, -0.2) is 4.79 Å². The maximum atomic E-state index is 12.1. The standard InChI is InChI=1S/C16H20BrN5OS/c1-10-9-12(6-7-13(10)17)18-14(23)19-15-20-21-16(24-15)22-8-4-3-5-11(22)2/h6-7,9,11H,3-5,8H2,1-2H3,(H2,18,19,20,23)/t11-/m0/s1. The molecule has 2 heterocycles. The highest BCUT2D eigenvalue weighted by atomic mass is 79.9. The molecule has 0 saturated carbocycles. The first kappa shape index (κ1) is 17.2. The number of halogens is 1. The minimum absolute atomic E-state index is 0.314. The predicted octanol–water partition coefficient (Wildman–Crippen LogP) is 4.63. The van der Waals surface area contributed by atoms with E-state index in [1.807, 2.05) is 25.1 Å². The number of nitrogens with one attached hydrogen (secondary N) is 2. The number of carbonyl (C=O) groups excluding carboxylic acids is 1. The largest absolute Gasteiger partial charge is 0.344 e. The first-order valence-corrected chi connectivity index (χ1v) is 9.58. The minimum atomic E-state index is -0.314. The molecule has 1 atom stereocenters. The van der Waals surface area contributed by atoms with Crippen LogP contribution in [0.15, 0.2) is 22.7 Å².